The number of carbonyl (C=O) groups excluding carboxylic acids is 1. The first-order valence-corrected chi connectivity index (χ1v) is 5.87. The number of carbonyl (C=O) groups is 1. The summed E-state index contributed by atoms with van der Waals surface area (Å²) in [6.07, 6.45) is -0.475. The molecule has 3 N–H and O–H groups in total. The highest BCUT2D eigenvalue weighted by atomic mass is 16.5. The summed E-state index contributed by atoms with van der Waals surface area (Å²) in [7, 11) is 0. The molecule has 0 radical (unpaired) electrons. The Bertz CT molecular complexity index is 578. The Morgan fingerprint density at radius 1 is 1.63 bits per heavy atom. The van der Waals surface area contributed by atoms with E-state index < -0.39 is 29.7 Å². The molecule has 1 amide bonds. The zero-order valence-corrected chi connectivity index (χ0v) is 10.3. The van der Waals surface area contributed by atoms with E-state index in [2.05, 4.69) is 10.3 Å². The van der Waals surface area contributed by atoms with Gasteiger partial charge in [-0.25, -0.2) is 4.79 Å². The number of nitrogens with one attached hydrogen (secondary N) is 2. The van der Waals surface area contributed by atoms with E-state index >= 15 is 0 Å². The van der Waals surface area contributed by atoms with Gasteiger partial charge in [-0.1, -0.05) is 0 Å². The van der Waals surface area contributed by atoms with Crippen LogP contribution in [0.1, 0.15) is 19.6 Å². The van der Waals surface area contributed by atoms with Gasteiger partial charge in [0.25, 0.3) is 5.56 Å². The topological polar surface area (TPSA) is 113 Å². The average molecular weight is 269 g/mol. The fourth-order valence-corrected chi connectivity index (χ4v) is 1.97. The minimum atomic E-state index is -0.782. The van der Waals surface area contributed by atoms with E-state index in [9.17, 15) is 19.5 Å². The van der Waals surface area contributed by atoms with E-state index in [0.29, 0.717) is 0 Å². The van der Waals surface area contributed by atoms with E-state index in [4.69, 9.17) is 4.74 Å². The quantitative estimate of drug-likeness (QED) is 0.606. The molecule has 1 aromatic heterocycles. The summed E-state index contributed by atoms with van der Waals surface area (Å²) in [6, 6.07) is 1.21. The van der Waals surface area contributed by atoms with Gasteiger partial charge in [0, 0.05) is 32.2 Å². The standard InChI is InChI=1S/C11H15N3O5/c1-6(15)12-5-8-7(16)4-10(19-8)14-3-2-9(17)13-11(14)18/h2-3,7-8,10,16H,4-5H2,1H3,(H,12,15)(H,13,17,18)/t7-,8+,10+/m0/s1. The van der Waals surface area contributed by atoms with Crippen molar-refractivity contribution < 1.29 is 14.6 Å². The second-order valence-electron chi connectivity index (χ2n) is 4.39. The number of hydrogen-bond acceptors (Lipinski definition) is 5. The smallest absolute Gasteiger partial charge is 0.330 e. The molecule has 2 heterocycles. The number of nitrogens with zero attached hydrogens (tertiary/aromatic N) is 1. The van der Waals surface area contributed by atoms with Crippen molar-refractivity contribution in [3.63, 3.8) is 0 Å². The van der Waals surface area contributed by atoms with Crippen LogP contribution in [0.25, 0.3) is 0 Å². The summed E-state index contributed by atoms with van der Waals surface area (Å²) in [5, 5.41) is 12.4. The van der Waals surface area contributed by atoms with Crippen LogP contribution >= 0.6 is 0 Å². The number of ether oxygens (including phenoxy) is 1. The summed E-state index contributed by atoms with van der Waals surface area (Å²) < 4.78 is 6.71. The van der Waals surface area contributed by atoms with Crippen LogP contribution in [-0.2, 0) is 9.53 Å². The van der Waals surface area contributed by atoms with Crippen LogP contribution in [0.15, 0.2) is 21.9 Å². The lowest BCUT2D eigenvalue weighted by Gasteiger charge is -2.15. The Morgan fingerprint density at radius 2 is 2.37 bits per heavy atom. The van der Waals surface area contributed by atoms with E-state index in [1.54, 1.807) is 0 Å². The van der Waals surface area contributed by atoms with Gasteiger partial charge in [0.1, 0.15) is 12.3 Å². The number of amides is 1. The van der Waals surface area contributed by atoms with Crippen LogP contribution in [-0.4, -0.2) is 39.3 Å². The number of aliphatic hydroxyl groups excluding tert-OH is 1. The fourth-order valence-electron chi connectivity index (χ4n) is 1.97. The normalized spacial score (nSPS) is 26.3. The highest BCUT2D eigenvalue weighted by Crippen LogP contribution is 2.26. The molecule has 1 aliphatic rings. The van der Waals surface area contributed by atoms with Crippen molar-refractivity contribution >= 4 is 5.91 Å². The molecular weight excluding hydrogens is 254 g/mol. The van der Waals surface area contributed by atoms with Crippen LogP contribution in [0.4, 0.5) is 0 Å². The van der Waals surface area contributed by atoms with Crippen LogP contribution < -0.4 is 16.6 Å². The Balaban J connectivity index is 2.09. The number of aromatic amines is 1. The lowest BCUT2D eigenvalue weighted by Crippen LogP contribution is -2.36. The Labute approximate surface area is 108 Å². The van der Waals surface area contributed by atoms with Gasteiger partial charge < -0.3 is 15.2 Å². The summed E-state index contributed by atoms with van der Waals surface area (Å²) in [5.74, 6) is -0.222. The molecule has 2 rings (SSSR count). The second-order valence-corrected chi connectivity index (χ2v) is 4.39. The summed E-state index contributed by atoms with van der Waals surface area (Å²) >= 11 is 0. The third-order valence-electron chi connectivity index (χ3n) is 2.92. The molecule has 0 bridgehead atoms. The summed E-state index contributed by atoms with van der Waals surface area (Å²) in [6.45, 7) is 1.54. The van der Waals surface area contributed by atoms with Crippen molar-refractivity contribution in [3.8, 4) is 0 Å². The number of rotatable bonds is 3. The highest BCUT2D eigenvalue weighted by Gasteiger charge is 2.35. The Kier molecular flexibility index (Phi) is 3.82. The van der Waals surface area contributed by atoms with Gasteiger partial charge in [-0.05, 0) is 0 Å². The third-order valence-corrected chi connectivity index (χ3v) is 2.92. The van der Waals surface area contributed by atoms with Crippen molar-refractivity contribution in [1.82, 2.24) is 14.9 Å². The van der Waals surface area contributed by atoms with Crippen molar-refractivity contribution in [2.75, 3.05) is 6.54 Å². The molecule has 104 valence electrons. The monoisotopic (exact) mass is 269 g/mol. The number of aromatic nitrogens is 2. The molecule has 19 heavy (non-hydrogen) atoms. The van der Waals surface area contributed by atoms with Gasteiger partial charge in [0.05, 0.1) is 6.10 Å². The van der Waals surface area contributed by atoms with Gasteiger partial charge in [-0.2, -0.15) is 0 Å². The molecule has 0 aliphatic carbocycles. The lowest BCUT2D eigenvalue weighted by molar-refractivity contribution is -0.120. The molecule has 0 unspecified atom stereocenters. The SMILES string of the molecule is CC(=O)NC[C@H]1O[C@@H](n2ccc(=O)[nH]c2=O)C[C@@H]1O. The lowest BCUT2D eigenvalue weighted by atomic mass is 10.2. The molecular formula is C11H15N3O5. The Morgan fingerprint density at radius 3 is 3.00 bits per heavy atom. The van der Waals surface area contributed by atoms with E-state index in [1.807, 2.05) is 0 Å². The molecule has 3 atom stereocenters. The minimum Gasteiger partial charge on any atom is -0.390 e. The highest BCUT2D eigenvalue weighted by molar-refractivity contribution is 5.72. The van der Waals surface area contributed by atoms with Gasteiger partial charge in [0.15, 0.2) is 0 Å². The summed E-state index contributed by atoms with van der Waals surface area (Å²) in [5.41, 5.74) is -1.08. The number of aliphatic hydroxyl groups is 1. The average Bonchev–Trinajstić information content (AvgIpc) is 2.67. The van der Waals surface area contributed by atoms with Crippen LogP contribution in [0.5, 0.6) is 0 Å². The van der Waals surface area contributed by atoms with Gasteiger partial charge in [0.2, 0.25) is 5.91 Å². The molecule has 0 spiro atoms. The van der Waals surface area contributed by atoms with E-state index in [-0.39, 0.29) is 18.9 Å². The molecule has 0 aromatic carbocycles. The predicted molar refractivity (Wildman–Crippen MR) is 64.5 cm³/mol. The molecule has 1 fully saturated rings. The first-order valence-electron chi connectivity index (χ1n) is 5.87. The van der Waals surface area contributed by atoms with Crippen molar-refractivity contribution in [2.24, 2.45) is 0 Å². The van der Waals surface area contributed by atoms with Crippen molar-refractivity contribution in [3.05, 3.63) is 33.1 Å². The molecule has 8 heteroatoms. The van der Waals surface area contributed by atoms with Gasteiger partial charge in [-0.3, -0.25) is 19.1 Å². The van der Waals surface area contributed by atoms with Crippen LogP contribution in [0.3, 0.4) is 0 Å². The maximum Gasteiger partial charge on any atom is 0.330 e. The number of H-pyrrole nitrogens is 1. The first-order chi connectivity index (χ1) is 8.97. The predicted octanol–water partition coefficient (Wildman–Crippen LogP) is -1.68. The fraction of sp³-hybridized carbons (Fsp3) is 0.545. The maximum atomic E-state index is 11.6. The molecule has 1 saturated heterocycles. The van der Waals surface area contributed by atoms with Crippen LogP contribution in [0, 0.1) is 0 Å². The molecule has 0 saturated carbocycles. The molecule has 1 aliphatic heterocycles. The van der Waals surface area contributed by atoms with E-state index in [1.165, 1.54) is 23.8 Å². The third kappa shape index (κ3) is 3.09. The molecule has 1 aromatic rings. The number of hydrogen-bond donors (Lipinski definition) is 3. The van der Waals surface area contributed by atoms with E-state index in [0.717, 1.165) is 0 Å². The minimum absolute atomic E-state index is 0.172. The Hall–Kier alpha value is -1.93. The van der Waals surface area contributed by atoms with Gasteiger partial charge in [-0.15, -0.1) is 0 Å². The van der Waals surface area contributed by atoms with Crippen LogP contribution in [0.2, 0.25) is 0 Å². The largest absolute Gasteiger partial charge is 0.390 e. The van der Waals surface area contributed by atoms with Crippen molar-refractivity contribution in [2.45, 2.75) is 31.8 Å². The maximum absolute atomic E-state index is 11.6. The van der Waals surface area contributed by atoms with Gasteiger partial charge >= 0.3 is 5.69 Å². The molecule has 8 nitrogen and oxygen atoms in total. The second kappa shape index (κ2) is 5.37. The zero-order valence-electron chi connectivity index (χ0n) is 10.3. The summed E-state index contributed by atoms with van der Waals surface area (Å²) in [4.78, 5) is 35.5. The first kappa shape index (κ1) is 13.5. The van der Waals surface area contributed by atoms with Crippen molar-refractivity contribution in [1.29, 1.82) is 0 Å². The zero-order chi connectivity index (χ0) is 14.0.